The second-order valence-corrected chi connectivity index (χ2v) is 8.80. The van der Waals surface area contributed by atoms with Crippen molar-refractivity contribution in [1.82, 2.24) is 19.7 Å². The predicted octanol–water partition coefficient (Wildman–Crippen LogP) is 5.08. The van der Waals surface area contributed by atoms with E-state index < -0.39 is 0 Å². The first-order valence-corrected chi connectivity index (χ1v) is 10.8. The maximum atomic E-state index is 6.62. The molecule has 0 bridgehead atoms. The third-order valence-corrected chi connectivity index (χ3v) is 6.77. The average Bonchev–Trinajstić information content (AvgIpc) is 3.22. The summed E-state index contributed by atoms with van der Waals surface area (Å²) in [5.41, 5.74) is 5.03. The van der Waals surface area contributed by atoms with Crippen LogP contribution in [-0.2, 0) is 6.54 Å². The molecule has 0 spiro atoms. The summed E-state index contributed by atoms with van der Waals surface area (Å²) in [5, 5.41) is 17.5. The van der Waals surface area contributed by atoms with Gasteiger partial charge in [-0.2, -0.15) is 5.10 Å². The van der Waals surface area contributed by atoms with Crippen molar-refractivity contribution in [3.8, 4) is 5.00 Å². The fourth-order valence-electron chi connectivity index (χ4n) is 3.63. The molecule has 4 heterocycles. The van der Waals surface area contributed by atoms with Gasteiger partial charge in [-0.05, 0) is 44.0 Å². The highest BCUT2D eigenvalue weighted by atomic mass is 35.5. The standard InChI is InChI=1S/C22H19ClN6S/c1-13-14(2)30-21-19(13)20(17-8-4-5-9-18(17)23)27-28(12-16-7-6-10-24-11-16)22-26-25-15(3)29(21)22/h4-11H,12H2,1-3H3. The molecule has 0 amide bonds. The van der Waals surface area contributed by atoms with E-state index in [-0.39, 0.29) is 0 Å². The van der Waals surface area contributed by atoms with Crippen LogP contribution in [0.5, 0.6) is 0 Å². The Balaban J connectivity index is 1.79. The summed E-state index contributed by atoms with van der Waals surface area (Å²) in [6, 6.07) is 11.8. The van der Waals surface area contributed by atoms with E-state index in [0.717, 1.165) is 33.2 Å². The van der Waals surface area contributed by atoms with Crippen molar-refractivity contribution in [2.45, 2.75) is 27.3 Å². The van der Waals surface area contributed by atoms with Gasteiger partial charge in [0.15, 0.2) is 0 Å². The summed E-state index contributed by atoms with van der Waals surface area (Å²) >= 11 is 8.34. The number of fused-ring (bicyclic) bond motifs is 3. The first-order chi connectivity index (χ1) is 14.5. The minimum Gasteiger partial charge on any atom is -0.264 e. The number of hydrogen-bond acceptors (Lipinski definition) is 6. The van der Waals surface area contributed by atoms with Crippen molar-refractivity contribution in [2.75, 3.05) is 5.01 Å². The van der Waals surface area contributed by atoms with Gasteiger partial charge in [-0.15, -0.1) is 21.5 Å². The molecule has 6 nitrogen and oxygen atoms in total. The lowest BCUT2D eigenvalue weighted by Gasteiger charge is -2.18. The van der Waals surface area contributed by atoms with Crippen LogP contribution >= 0.6 is 22.9 Å². The summed E-state index contributed by atoms with van der Waals surface area (Å²) in [6.45, 7) is 6.75. The third kappa shape index (κ3) is 3.02. The molecule has 0 saturated carbocycles. The SMILES string of the molecule is Cc1sc2c(c1C)C(c1ccccc1Cl)=NN(Cc1cccnc1)c1nnc(C)n1-2. The molecule has 0 N–H and O–H groups in total. The van der Waals surface area contributed by atoms with Gasteiger partial charge in [0.25, 0.3) is 5.95 Å². The minimum atomic E-state index is 0.521. The Morgan fingerprint density at radius 1 is 1.03 bits per heavy atom. The first-order valence-electron chi connectivity index (χ1n) is 9.57. The van der Waals surface area contributed by atoms with Crippen LogP contribution in [-0.4, -0.2) is 25.5 Å². The highest BCUT2D eigenvalue weighted by Gasteiger charge is 2.30. The number of hydrogen-bond donors (Lipinski definition) is 0. The normalized spacial score (nSPS) is 12.9. The zero-order chi connectivity index (χ0) is 20.8. The fraction of sp³-hybridized carbons (Fsp3) is 0.182. The van der Waals surface area contributed by atoms with E-state index in [2.05, 4.69) is 33.6 Å². The largest absolute Gasteiger partial charge is 0.264 e. The van der Waals surface area contributed by atoms with Gasteiger partial charge >= 0.3 is 0 Å². The molecule has 4 aromatic rings. The van der Waals surface area contributed by atoms with Gasteiger partial charge in [-0.25, -0.2) is 5.01 Å². The molecular weight excluding hydrogens is 416 g/mol. The summed E-state index contributed by atoms with van der Waals surface area (Å²) in [6.07, 6.45) is 3.61. The number of aromatic nitrogens is 4. The molecule has 0 aliphatic carbocycles. The molecule has 0 atom stereocenters. The van der Waals surface area contributed by atoms with E-state index in [4.69, 9.17) is 16.7 Å². The smallest absolute Gasteiger partial charge is 0.253 e. The lowest BCUT2D eigenvalue weighted by atomic mass is 10.00. The maximum Gasteiger partial charge on any atom is 0.253 e. The molecule has 30 heavy (non-hydrogen) atoms. The molecule has 5 rings (SSSR count). The van der Waals surface area contributed by atoms with Gasteiger partial charge in [0.1, 0.15) is 16.5 Å². The topological polar surface area (TPSA) is 59.2 Å². The Kier molecular flexibility index (Phi) is 4.64. The number of hydrazone groups is 1. The lowest BCUT2D eigenvalue weighted by molar-refractivity contribution is 0.795. The van der Waals surface area contributed by atoms with Crippen molar-refractivity contribution in [2.24, 2.45) is 5.10 Å². The summed E-state index contributed by atoms with van der Waals surface area (Å²) in [7, 11) is 0. The van der Waals surface area contributed by atoms with Gasteiger partial charge < -0.3 is 0 Å². The summed E-state index contributed by atoms with van der Waals surface area (Å²) in [5.74, 6) is 1.50. The zero-order valence-corrected chi connectivity index (χ0v) is 18.4. The van der Waals surface area contributed by atoms with E-state index in [1.54, 1.807) is 17.5 Å². The average molecular weight is 435 g/mol. The van der Waals surface area contributed by atoms with E-state index in [1.807, 2.05) is 54.5 Å². The molecule has 1 aromatic carbocycles. The van der Waals surface area contributed by atoms with Crippen LogP contribution in [0.15, 0.2) is 53.9 Å². The molecule has 150 valence electrons. The number of pyridine rings is 1. The molecule has 0 saturated heterocycles. The van der Waals surface area contributed by atoms with E-state index in [1.165, 1.54) is 10.4 Å². The number of benzene rings is 1. The van der Waals surface area contributed by atoms with Crippen LogP contribution in [0.4, 0.5) is 5.95 Å². The number of rotatable bonds is 3. The van der Waals surface area contributed by atoms with Crippen molar-refractivity contribution in [3.05, 3.63) is 86.8 Å². The molecule has 1 aliphatic heterocycles. The molecule has 0 fully saturated rings. The van der Waals surface area contributed by atoms with Crippen LogP contribution in [0.2, 0.25) is 5.02 Å². The van der Waals surface area contributed by atoms with Crippen molar-refractivity contribution >= 4 is 34.6 Å². The maximum absolute atomic E-state index is 6.62. The van der Waals surface area contributed by atoms with Gasteiger partial charge in [0, 0.05) is 28.4 Å². The predicted molar refractivity (Wildman–Crippen MR) is 121 cm³/mol. The minimum absolute atomic E-state index is 0.521. The first kappa shape index (κ1) is 19.0. The number of nitrogens with zero attached hydrogens (tertiary/aromatic N) is 6. The monoisotopic (exact) mass is 434 g/mol. The highest BCUT2D eigenvalue weighted by molar-refractivity contribution is 7.15. The number of aryl methyl sites for hydroxylation is 2. The second-order valence-electron chi connectivity index (χ2n) is 7.19. The van der Waals surface area contributed by atoms with Crippen molar-refractivity contribution < 1.29 is 0 Å². The summed E-state index contributed by atoms with van der Waals surface area (Å²) < 4.78 is 2.09. The van der Waals surface area contributed by atoms with Crippen molar-refractivity contribution in [1.29, 1.82) is 0 Å². The highest BCUT2D eigenvalue weighted by Crippen LogP contribution is 2.39. The van der Waals surface area contributed by atoms with E-state index in [0.29, 0.717) is 17.5 Å². The number of halogens is 1. The fourth-order valence-corrected chi connectivity index (χ4v) is 5.06. The molecular formula is C22H19ClN6S. The zero-order valence-electron chi connectivity index (χ0n) is 16.8. The molecule has 8 heteroatoms. The van der Waals surface area contributed by atoms with Crippen LogP contribution < -0.4 is 5.01 Å². The van der Waals surface area contributed by atoms with Gasteiger partial charge in [0.2, 0.25) is 0 Å². The number of thiophene rings is 1. The Hall–Kier alpha value is -3.03. The number of anilines is 1. The Labute approximate surface area is 183 Å². The molecule has 0 radical (unpaired) electrons. The van der Waals surface area contributed by atoms with Gasteiger partial charge in [0.05, 0.1) is 11.6 Å². The van der Waals surface area contributed by atoms with Crippen LogP contribution in [0.25, 0.3) is 5.00 Å². The quantitative estimate of drug-likeness (QED) is 0.451. The Morgan fingerprint density at radius 2 is 1.87 bits per heavy atom. The lowest BCUT2D eigenvalue weighted by Crippen LogP contribution is -2.21. The van der Waals surface area contributed by atoms with Crippen LogP contribution in [0.1, 0.15) is 33.0 Å². The van der Waals surface area contributed by atoms with E-state index in [9.17, 15) is 0 Å². The van der Waals surface area contributed by atoms with Gasteiger partial charge in [-0.3, -0.25) is 9.55 Å². The Morgan fingerprint density at radius 3 is 2.63 bits per heavy atom. The summed E-state index contributed by atoms with van der Waals surface area (Å²) in [4.78, 5) is 5.48. The van der Waals surface area contributed by atoms with E-state index >= 15 is 0 Å². The van der Waals surface area contributed by atoms with Crippen LogP contribution in [0, 0.1) is 20.8 Å². The van der Waals surface area contributed by atoms with Gasteiger partial charge in [-0.1, -0.05) is 35.9 Å². The third-order valence-electron chi connectivity index (χ3n) is 5.25. The molecule has 1 aliphatic rings. The molecule has 0 unspecified atom stereocenters. The molecule has 3 aromatic heterocycles. The Bertz CT molecular complexity index is 1270. The second kappa shape index (κ2) is 7.34. The van der Waals surface area contributed by atoms with Crippen molar-refractivity contribution in [3.63, 3.8) is 0 Å². The van der Waals surface area contributed by atoms with Crippen LogP contribution in [0.3, 0.4) is 0 Å².